The van der Waals surface area contributed by atoms with Gasteiger partial charge in [-0.25, -0.2) is 0 Å². The minimum absolute atomic E-state index is 0.118. The molecule has 0 bridgehead atoms. The van der Waals surface area contributed by atoms with E-state index >= 15 is 0 Å². The second kappa shape index (κ2) is 8.40. The summed E-state index contributed by atoms with van der Waals surface area (Å²) in [6, 6.07) is 7.89. The Morgan fingerprint density at radius 1 is 1.19 bits per heavy atom. The summed E-state index contributed by atoms with van der Waals surface area (Å²) in [7, 11) is 0. The van der Waals surface area contributed by atoms with E-state index < -0.39 is 0 Å². The molecule has 1 fully saturated rings. The van der Waals surface area contributed by atoms with E-state index in [2.05, 4.69) is 6.92 Å². The fourth-order valence-corrected chi connectivity index (χ4v) is 3.25. The summed E-state index contributed by atoms with van der Waals surface area (Å²) in [6.45, 7) is 5.49. The lowest BCUT2D eigenvalue weighted by atomic mass is 9.85. The van der Waals surface area contributed by atoms with E-state index in [9.17, 15) is 0 Å². The summed E-state index contributed by atoms with van der Waals surface area (Å²) in [5.41, 5.74) is 7.37. The highest BCUT2D eigenvalue weighted by atomic mass is 16.5. The van der Waals surface area contributed by atoms with Gasteiger partial charge in [0.1, 0.15) is 5.75 Å². The van der Waals surface area contributed by atoms with E-state index in [0.717, 1.165) is 11.3 Å². The van der Waals surface area contributed by atoms with Gasteiger partial charge < -0.3 is 15.2 Å². The summed E-state index contributed by atoms with van der Waals surface area (Å²) in [5.74, 6) is 1.58. The van der Waals surface area contributed by atoms with Crippen molar-refractivity contribution in [2.75, 3.05) is 13.2 Å². The van der Waals surface area contributed by atoms with Gasteiger partial charge in [0.15, 0.2) is 0 Å². The normalized spacial score (nSPS) is 23.8. The molecule has 3 nitrogen and oxygen atoms in total. The van der Waals surface area contributed by atoms with Gasteiger partial charge in [-0.1, -0.05) is 44.4 Å². The molecule has 1 aliphatic carbocycles. The monoisotopic (exact) mass is 291 g/mol. The molecule has 1 aromatic carbocycles. The van der Waals surface area contributed by atoms with Crippen LogP contribution in [0.1, 0.15) is 57.6 Å². The smallest absolute Gasteiger partial charge is 0.124 e. The molecule has 2 N–H and O–H groups in total. The zero-order valence-corrected chi connectivity index (χ0v) is 13.4. The molecule has 3 heteroatoms. The van der Waals surface area contributed by atoms with Crippen LogP contribution < -0.4 is 10.5 Å². The van der Waals surface area contributed by atoms with Crippen LogP contribution in [-0.4, -0.2) is 19.3 Å². The van der Waals surface area contributed by atoms with Crippen LogP contribution in [-0.2, 0) is 4.74 Å². The summed E-state index contributed by atoms with van der Waals surface area (Å²) in [4.78, 5) is 0. The number of rotatable bonds is 7. The lowest BCUT2D eigenvalue weighted by molar-refractivity contribution is -0.0182. The Morgan fingerprint density at radius 2 is 1.95 bits per heavy atom. The lowest BCUT2D eigenvalue weighted by Crippen LogP contribution is -2.30. The molecule has 1 aromatic rings. The standard InChI is InChI=1S/C18H29NO2/c1-3-14-9-5-7-11-17(14)21-13-16(19)15-10-6-8-12-18(15)20-4-2/h6,8,10,12,14,16-17H,3-5,7,9,11,13,19H2,1-2H3. The average molecular weight is 291 g/mol. The first kappa shape index (κ1) is 16.3. The summed E-state index contributed by atoms with van der Waals surface area (Å²) in [5, 5.41) is 0. The van der Waals surface area contributed by atoms with Crippen molar-refractivity contribution in [3.8, 4) is 5.75 Å². The number of ether oxygens (including phenoxy) is 2. The molecule has 21 heavy (non-hydrogen) atoms. The van der Waals surface area contributed by atoms with Crippen LogP contribution >= 0.6 is 0 Å². The molecule has 0 saturated heterocycles. The Hall–Kier alpha value is -1.06. The van der Waals surface area contributed by atoms with Crippen LogP contribution in [0.2, 0.25) is 0 Å². The third-order valence-corrected chi connectivity index (χ3v) is 4.47. The molecule has 3 atom stereocenters. The van der Waals surface area contributed by atoms with Crippen LogP contribution in [0, 0.1) is 5.92 Å². The van der Waals surface area contributed by atoms with Gasteiger partial charge in [-0.3, -0.25) is 0 Å². The van der Waals surface area contributed by atoms with E-state index in [1.165, 1.54) is 32.1 Å². The number of hydrogen-bond donors (Lipinski definition) is 1. The van der Waals surface area contributed by atoms with Crippen molar-refractivity contribution >= 4 is 0 Å². The number of benzene rings is 1. The van der Waals surface area contributed by atoms with Crippen LogP contribution in [0.15, 0.2) is 24.3 Å². The van der Waals surface area contributed by atoms with Crippen LogP contribution in [0.5, 0.6) is 5.75 Å². The second-order valence-electron chi connectivity index (χ2n) is 5.90. The molecule has 0 heterocycles. The Labute approximate surface area is 128 Å². The van der Waals surface area contributed by atoms with Gasteiger partial charge in [-0.05, 0) is 31.7 Å². The first-order valence-corrected chi connectivity index (χ1v) is 8.35. The van der Waals surface area contributed by atoms with Crippen LogP contribution in [0.25, 0.3) is 0 Å². The van der Waals surface area contributed by atoms with Crippen molar-refractivity contribution in [3.63, 3.8) is 0 Å². The van der Waals surface area contributed by atoms with Gasteiger partial charge in [-0.2, -0.15) is 0 Å². The van der Waals surface area contributed by atoms with Crippen molar-refractivity contribution in [1.82, 2.24) is 0 Å². The van der Waals surface area contributed by atoms with Crippen LogP contribution in [0.4, 0.5) is 0 Å². The van der Waals surface area contributed by atoms with E-state index in [1.54, 1.807) is 0 Å². The molecule has 0 radical (unpaired) electrons. The Bertz CT molecular complexity index is 421. The minimum Gasteiger partial charge on any atom is -0.494 e. The third kappa shape index (κ3) is 4.45. The molecule has 0 amide bonds. The van der Waals surface area contributed by atoms with Gasteiger partial charge in [0.2, 0.25) is 0 Å². The second-order valence-corrected chi connectivity index (χ2v) is 5.90. The number of nitrogens with two attached hydrogens (primary N) is 1. The van der Waals surface area contributed by atoms with Gasteiger partial charge in [0.05, 0.1) is 25.4 Å². The average Bonchev–Trinajstić information content (AvgIpc) is 2.53. The maximum absolute atomic E-state index is 6.33. The van der Waals surface area contributed by atoms with Gasteiger partial charge in [0, 0.05) is 5.56 Å². The van der Waals surface area contributed by atoms with E-state index in [1.807, 2.05) is 31.2 Å². The number of hydrogen-bond acceptors (Lipinski definition) is 3. The van der Waals surface area contributed by atoms with Crippen LogP contribution in [0.3, 0.4) is 0 Å². The highest BCUT2D eigenvalue weighted by Crippen LogP contribution is 2.30. The topological polar surface area (TPSA) is 44.5 Å². The van der Waals surface area contributed by atoms with Crippen molar-refractivity contribution < 1.29 is 9.47 Å². The summed E-state index contributed by atoms with van der Waals surface area (Å²) in [6.07, 6.45) is 6.69. The fraction of sp³-hybridized carbons (Fsp3) is 0.667. The highest BCUT2D eigenvalue weighted by molar-refractivity contribution is 5.35. The molecule has 0 aliphatic heterocycles. The van der Waals surface area contributed by atoms with Crippen molar-refractivity contribution in [2.45, 2.75) is 58.1 Å². The lowest BCUT2D eigenvalue weighted by Gasteiger charge is -2.31. The van der Waals surface area contributed by atoms with Crippen molar-refractivity contribution in [3.05, 3.63) is 29.8 Å². The zero-order valence-electron chi connectivity index (χ0n) is 13.4. The molecular weight excluding hydrogens is 262 g/mol. The minimum atomic E-state index is -0.118. The zero-order chi connectivity index (χ0) is 15.1. The first-order chi connectivity index (χ1) is 10.3. The van der Waals surface area contributed by atoms with Gasteiger partial charge >= 0.3 is 0 Å². The largest absolute Gasteiger partial charge is 0.494 e. The first-order valence-electron chi connectivity index (χ1n) is 8.35. The SMILES string of the molecule is CCOc1ccccc1C(N)COC1CCCCC1CC. The number of para-hydroxylation sites is 1. The quantitative estimate of drug-likeness (QED) is 0.823. The predicted molar refractivity (Wildman–Crippen MR) is 86.5 cm³/mol. The van der Waals surface area contributed by atoms with Gasteiger partial charge in [-0.15, -0.1) is 0 Å². The van der Waals surface area contributed by atoms with Gasteiger partial charge in [0.25, 0.3) is 0 Å². The van der Waals surface area contributed by atoms with E-state index in [4.69, 9.17) is 15.2 Å². The molecule has 2 rings (SSSR count). The van der Waals surface area contributed by atoms with E-state index in [0.29, 0.717) is 25.2 Å². The van der Waals surface area contributed by atoms with Crippen molar-refractivity contribution in [1.29, 1.82) is 0 Å². The summed E-state index contributed by atoms with van der Waals surface area (Å²) < 4.78 is 11.8. The highest BCUT2D eigenvalue weighted by Gasteiger charge is 2.25. The predicted octanol–water partition coefficient (Wildman–Crippen LogP) is 4.07. The van der Waals surface area contributed by atoms with Crippen molar-refractivity contribution in [2.24, 2.45) is 11.7 Å². The third-order valence-electron chi connectivity index (χ3n) is 4.47. The molecule has 1 aliphatic rings. The van der Waals surface area contributed by atoms with E-state index in [-0.39, 0.29) is 6.04 Å². The summed E-state index contributed by atoms with van der Waals surface area (Å²) >= 11 is 0. The Morgan fingerprint density at radius 3 is 2.71 bits per heavy atom. The molecule has 0 spiro atoms. The molecule has 3 unspecified atom stereocenters. The molecule has 1 saturated carbocycles. The molecular formula is C18H29NO2. The molecule has 118 valence electrons. The Balaban J connectivity index is 1.93. The Kier molecular flexibility index (Phi) is 6.52. The maximum atomic E-state index is 6.33. The fourth-order valence-electron chi connectivity index (χ4n) is 3.25. The molecule has 0 aromatic heterocycles. The maximum Gasteiger partial charge on any atom is 0.124 e.